The van der Waals surface area contributed by atoms with Gasteiger partial charge in [-0.05, 0) is 37.5 Å². The van der Waals surface area contributed by atoms with Gasteiger partial charge in [0.2, 0.25) is 0 Å². The lowest BCUT2D eigenvalue weighted by Gasteiger charge is -2.57. The van der Waals surface area contributed by atoms with Crippen LogP contribution in [0.5, 0.6) is 0 Å². The van der Waals surface area contributed by atoms with Gasteiger partial charge in [-0.15, -0.1) is 0 Å². The quantitative estimate of drug-likeness (QED) is 0.706. The van der Waals surface area contributed by atoms with Gasteiger partial charge in [0.1, 0.15) is 0 Å². The highest BCUT2D eigenvalue weighted by Gasteiger charge is 2.61. The van der Waals surface area contributed by atoms with E-state index in [4.69, 9.17) is 9.47 Å². The fourth-order valence-corrected chi connectivity index (χ4v) is 4.57. The van der Waals surface area contributed by atoms with Crippen molar-refractivity contribution in [3.8, 4) is 0 Å². The Morgan fingerprint density at radius 1 is 1.12 bits per heavy atom. The largest absolute Gasteiger partial charge is 0.393 e. The third kappa shape index (κ3) is 1.52. The summed E-state index contributed by atoms with van der Waals surface area (Å²) < 4.78 is 12.1. The molecule has 0 radical (unpaired) electrons. The van der Waals surface area contributed by atoms with Gasteiger partial charge in [-0.3, -0.25) is 0 Å². The molecule has 4 atom stereocenters. The van der Waals surface area contributed by atoms with Gasteiger partial charge in [0.25, 0.3) is 0 Å². The summed E-state index contributed by atoms with van der Waals surface area (Å²) in [6.07, 6.45) is 5.19. The van der Waals surface area contributed by atoms with Crippen LogP contribution in [0.3, 0.4) is 0 Å². The van der Waals surface area contributed by atoms with E-state index in [-0.39, 0.29) is 17.3 Å². The highest BCUT2D eigenvalue weighted by Crippen LogP contribution is 2.59. The number of ether oxygens (including phenoxy) is 2. The fourth-order valence-electron chi connectivity index (χ4n) is 4.57. The van der Waals surface area contributed by atoms with E-state index in [1.54, 1.807) is 0 Å². The third-order valence-electron chi connectivity index (χ3n) is 5.66. The van der Waals surface area contributed by atoms with Crippen LogP contribution in [0.1, 0.15) is 46.0 Å². The average Bonchev–Trinajstić information content (AvgIpc) is 2.78. The van der Waals surface area contributed by atoms with E-state index in [2.05, 4.69) is 13.8 Å². The van der Waals surface area contributed by atoms with Gasteiger partial charge in [-0.2, -0.15) is 0 Å². The van der Waals surface area contributed by atoms with E-state index in [9.17, 15) is 5.11 Å². The molecule has 1 unspecified atom stereocenters. The standard InChI is InChI=1S/C14H24O3/c1-10-11-4-3-6-14(16-8-9-17-14)13(11,2)7-5-12(10)15/h10-12,15H,3-9H2,1-2H3/t10-,11-,12?,13-/m0/s1. The first-order chi connectivity index (χ1) is 8.09. The van der Waals surface area contributed by atoms with Crippen molar-refractivity contribution in [2.75, 3.05) is 13.2 Å². The number of rotatable bonds is 0. The van der Waals surface area contributed by atoms with Crippen LogP contribution in [0.2, 0.25) is 0 Å². The Morgan fingerprint density at radius 2 is 1.82 bits per heavy atom. The molecule has 1 N–H and O–H groups in total. The van der Waals surface area contributed by atoms with E-state index in [1.807, 2.05) is 0 Å². The van der Waals surface area contributed by atoms with Gasteiger partial charge in [0, 0.05) is 11.8 Å². The van der Waals surface area contributed by atoms with E-state index in [1.165, 1.54) is 6.42 Å². The van der Waals surface area contributed by atoms with Crippen molar-refractivity contribution in [2.24, 2.45) is 17.3 Å². The molecular formula is C14H24O3. The van der Waals surface area contributed by atoms with Crippen LogP contribution in [-0.2, 0) is 9.47 Å². The van der Waals surface area contributed by atoms with Crippen molar-refractivity contribution >= 4 is 0 Å². The van der Waals surface area contributed by atoms with Crippen LogP contribution in [0.4, 0.5) is 0 Å². The zero-order valence-electron chi connectivity index (χ0n) is 10.9. The summed E-state index contributed by atoms with van der Waals surface area (Å²) in [7, 11) is 0. The molecule has 0 aromatic rings. The number of aliphatic hydroxyl groups excluding tert-OH is 1. The summed E-state index contributed by atoms with van der Waals surface area (Å²) in [5, 5.41) is 10.1. The van der Waals surface area contributed by atoms with Crippen molar-refractivity contribution in [3.05, 3.63) is 0 Å². The molecule has 0 aromatic carbocycles. The molecule has 17 heavy (non-hydrogen) atoms. The molecular weight excluding hydrogens is 216 g/mol. The summed E-state index contributed by atoms with van der Waals surface area (Å²) in [4.78, 5) is 0. The maximum Gasteiger partial charge on any atom is 0.174 e. The van der Waals surface area contributed by atoms with E-state index >= 15 is 0 Å². The van der Waals surface area contributed by atoms with E-state index in [0.717, 1.165) is 38.9 Å². The summed E-state index contributed by atoms with van der Waals surface area (Å²) in [6.45, 7) is 5.99. The summed E-state index contributed by atoms with van der Waals surface area (Å²) in [5.41, 5.74) is 0.0976. The Bertz CT molecular complexity index is 298. The second-order valence-corrected chi connectivity index (χ2v) is 6.33. The first kappa shape index (κ1) is 11.9. The molecule has 0 aromatic heterocycles. The lowest BCUT2D eigenvalue weighted by Crippen LogP contribution is -2.59. The molecule has 0 amide bonds. The van der Waals surface area contributed by atoms with E-state index < -0.39 is 0 Å². The minimum Gasteiger partial charge on any atom is -0.393 e. The zero-order valence-corrected chi connectivity index (χ0v) is 10.9. The Morgan fingerprint density at radius 3 is 2.53 bits per heavy atom. The molecule has 3 heteroatoms. The predicted octanol–water partition coefficient (Wildman–Crippen LogP) is 2.33. The highest BCUT2D eigenvalue weighted by molar-refractivity contribution is 5.05. The number of aliphatic hydroxyl groups is 1. The van der Waals surface area contributed by atoms with Crippen molar-refractivity contribution in [3.63, 3.8) is 0 Å². The molecule has 1 heterocycles. The molecule has 1 aliphatic heterocycles. The van der Waals surface area contributed by atoms with Gasteiger partial charge in [0.05, 0.1) is 19.3 Å². The normalized spacial score (nSPS) is 49.2. The van der Waals surface area contributed by atoms with Gasteiger partial charge in [-0.25, -0.2) is 0 Å². The Hall–Kier alpha value is -0.120. The third-order valence-corrected chi connectivity index (χ3v) is 5.66. The van der Waals surface area contributed by atoms with Gasteiger partial charge >= 0.3 is 0 Å². The van der Waals surface area contributed by atoms with Gasteiger partial charge in [-0.1, -0.05) is 13.8 Å². The maximum absolute atomic E-state index is 10.1. The molecule has 0 bridgehead atoms. The average molecular weight is 240 g/mol. The summed E-state index contributed by atoms with van der Waals surface area (Å²) in [6, 6.07) is 0. The smallest absolute Gasteiger partial charge is 0.174 e. The van der Waals surface area contributed by atoms with Crippen molar-refractivity contribution in [2.45, 2.75) is 57.8 Å². The fraction of sp³-hybridized carbons (Fsp3) is 1.00. The Balaban J connectivity index is 1.94. The topological polar surface area (TPSA) is 38.7 Å². The summed E-state index contributed by atoms with van der Waals surface area (Å²) >= 11 is 0. The molecule has 2 aliphatic carbocycles. The molecule has 3 fully saturated rings. The van der Waals surface area contributed by atoms with Gasteiger partial charge in [0.15, 0.2) is 5.79 Å². The van der Waals surface area contributed by atoms with Crippen LogP contribution >= 0.6 is 0 Å². The number of hydrogen-bond donors (Lipinski definition) is 1. The van der Waals surface area contributed by atoms with Crippen LogP contribution in [-0.4, -0.2) is 30.2 Å². The van der Waals surface area contributed by atoms with Crippen molar-refractivity contribution < 1.29 is 14.6 Å². The van der Waals surface area contributed by atoms with E-state index in [0.29, 0.717) is 11.8 Å². The van der Waals surface area contributed by atoms with Crippen LogP contribution in [0.15, 0.2) is 0 Å². The van der Waals surface area contributed by atoms with Crippen molar-refractivity contribution in [1.82, 2.24) is 0 Å². The first-order valence-corrected chi connectivity index (χ1v) is 7.05. The van der Waals surface area contributed by atoms with Crippen LogP contribution in [0.25, 0.3) is 0 Å². The molecule has 2 saturated carbocycles. The second-order valence-electron chi connectivity index (χ2n) is 6.33. The number of hydrogen-bond acceptors (Lipinski definition) is 3. The van der Waals surface area contributed by atoms with Crippen LogP contribution in [0, 0.1) is 17.3 Å². The minimum absolute atomic E-state index is 0.0976. The lowest BCUT2D eigenvalue weighted by molar-refractivity contribution is -0.288. The summed E-state index contributed by atoms with van der Waals surface area (Å²) in [5.74, 6) is 0.571. The zero-order chi connectivity index (χ0) is 12.1. The molecule has 3 rings (SSSR count). The predicted molar refractivity (Wildman–Crippen MR) is 64.5 cm³/mol. The maximum atomic E-state index is 10.1. The molecule has 98 valence electrons. The Kier molecular flexibility index (Phi) is 2.77. The molecule has 3 aliphatic rings. The molecule has 1 spiro atoms. The highest BCUT2D eigenvalue weighted by atomic mass is 16.7. The monoisotopic (exact) mass is 240 g/mol. The van der Waals surface area contributed by atoms with Gasteiger partial charge < -0.3 is 14.6 Å². The molecule has 1 saturated heterocycles. The second kappa shape index (κ2) is 3.94. The first-order valence-electron chi connectivity index (χ1n) is 7.05. The minimum atomic E-state index is -0.343. The SMILES string of the molecule is C[C@@H]1C(O)CC[C@@]2(C)[C@H]1CCCC21OCCO1. The van der Waals surface area contributed by atoms with Crippen molar-refractivity contribution in [1.29, 1.82) is 0 Å². The lowest BCUT2D eigenvalue weighted by atomic mass is 9.53. The Labute approximate surface area is 103 Å². The number of fused-ring (bicyclic) bond motifs is 2. The van der Waals surface area contributed by atoms with Crippen LogP contribution < -0.4 is 0 Å². The molecule has 3 nitrogen and oxygen atoms in total.